The summed E-state index contributed by atoms with van der Waals surface area (Å²) in [5.41, 5.74) is 8.28. The standard InChI is InChI=1S/C26H28N4/c1-20-5-6-25-23(18-20)24-19-29(15-9-21-7-13-27-14-8-21)16-11-26(24)30(25)17-10-22-4-2-3-12-28-22/h2-8,12-14,18H,9-11,15-17,19H2,1H3. The van der Waals surface area contributed by atoms with Crippen LogP contribution in [0.2, 0.25) is 0 Å². The Morgan fingerprint density at radius 1 is 0.933 bits per heavy atom. The van der Waals surface area contributed by atoms with Crippen LogP contribution in [-0.2, 0) is 32.4 Å². The van der Waals surface area contributed by atoms with Gasteiger partial charge in [0, 0.05) is 79.9 Å². The molecule has 0 N–H and O–H groups in total. The number of aromatic nitrogens is 3. The lowest BCUT2D eigenvalue weighted by Crippen LogP contribution is -2.32. The van der Waals surface area contributed by atoms with Gasteiger partial charge in [0.05, 0.1) is 0 Å². The summed E-state index contributed by atoms with van der Waals surface area (Å²) in [5, 5.41) is 1.43. The molecular formula is C26H28N4. The molecule has 3 aromatic heterocycles. The highest BCUT2D eigenvalue weighted by atomic mass is 15.1. The van der Waals surface area contributed by atoms with Crippen molar-refractivity contribution >= 4 is 10.9 Å². The predicted molar refractivity (Wildman–Crippen MR) is 122 cm³/mol. The van der Waals surface area contributed by atoms with Gasteiger partial charge in [0.1, 0.15) is 0 Å². The van der Waals surface area contributed by atoms with Crippen molar-refractivity contribution in [2.45, 2.75) is 39.3 Å². The summed E-state index contributed by atoms with van der Waals surface area (Å²) in [6.45, 7) is 6.44. The maximum Gasteiger partial charge on any atom is 0.0486 e. The summed E-state index contributed by atoms with van der Waals surface area (Å²) in [6, 6.07) is 17.4. The van der Waals surface area contributed by atoms with Crippen molar-refractivity contribution in [1.29, 1.82) is 0 Å². The molecule has 1 aliphatic heterocycles. The number of benzene rings is 1. The van der Waals surface area contributed by atoms with Gasteiger partial charge in [0.15, 0.2) is 0 Å². The Labute approximate surface area is 178 Å². The van der Waals surface area contributed by atoms with Crippen LogP contribution in [0, 0.1) is 6.92 Å². The number of pyridine rings is 2. The fourth-order valence-corrected chi connectivity index (χ4v) is 4.67. The zero-order valence-electron chi connectivity index (χ0n) is 17.6. The Kier molecular flexibility index (Phi) is 5.33. The zero-order valence-corrected chi connectivity index (χ0v) is 17.6. The molecule has 0 spiro atoms. The topological polar surface area (TPSA) is 34.0 Å². The van der Waals surface area contributed by atoms with Crippen molar-refractivity contribution in [2.75, 3.05) is 13.1 Å². The predicted octanol–water partition coefficient (Wildman–Crippen LogP) is 4.58. The van der Waals surface area contributed by atoms with Gasteiger partial charge in [0.25, 0.3) is 0 Å². The first-order valence-corrected chi connectivity index (χ1v) is 10.9. The van der Waals surface area contributed by atoms with Gasteiger partial charge in [-0.25, -0.2) is 0 Å². The molecule has 4 heterocycles. The van der Waals surface area contributed by atoms with Crippen LogP contribution < -0.4 is 0 Å². The van der Waals surface area contributed by atoms with Crippen molar-refractivity contribution < 1.29 is 0 Å². The molecule has 0 fully saturated rings. The summed E-state index contributed by atoms with van der Waals surface area (Å²) in [6.07, 6.45) is 8.83. The number of nitrogens with zero attached hydrogens (tertiary/aromatic N) is 4. The van der Waals surface area contributed by atoms with Gasteiger partial charge >= 0.3 is 0 Å². The molecule has 4 aromatic rings. The molecule has 0 unspecified atom stereocenters. The van der Waals surface area contributed by atoms with Crippen molar-refractivity contribution in [3.63, 3.8) is 0 Å². The molecule has 152 valence electrons. The second kappa shape index (κ2) is 8.41. The van der Waals surface area contributed by atoms with Crippen LogP contribution in [-0.4, -0.2) is 32.5 Å². The second-order valence-corrected chi connectivity index (χ2v) is 8.30. The lowest BCUT2D eigenvalue weighted by atomic mass is 10.0. The van der Waals surface area contributed by atoms with Crippen LogP contribution in [0.3, 0.4) is 0 Å². The SMILES string of the molecule is Cc1ccc2c(c1)c1c(n2CCc2ccccn2)CCN(CCc2ccncc2)C1. The third-order valence-corrected chi connectivity index (χ3v) is 6.27. The molecule has 1 aliphatic rings. The number of fused-ring (bicyclic) bond motifs is 3. The molecule has 0 aliphatic carbocycles. The van der Waals surface area contributed by atoms with Gasteiger partial charge in [-0.15, -0.1) is 0 Å². The first-order chi connectivity index (χ1) is 14.8. The molecule has 30 heavy (non-hydrogen) atoms. The minimum Gasteiger partial charge on any atom is -0.344 e. The van der Waals surface area contributed by atoms with Gasteiger partial charge in [-0.05, 0) is 60.9 Å². The van der Waals surface area contributed by atoms with Crippen molar-refractivity contribution in [2.24, 2.45) is 0 Å². The first-order valence-electron chi connectivity index (χ1n) is 10.9. The summed E-state index contributed by atoms with van der Waals surface area (Å²) in [7, 11) is 0. The molecular weight excluding hydrogens is 368 g/mol. The third-order valence-electron chi connectivity index (χ3n) is 6.27. The molecule has 4 heteroatoms. The van der Waals surface area contributed by atoms with E-state index in [4.69, 9.17) is 0 Å². The first kappa shape index (κ1) is 19.0. The molecule has 0 radical (unpaired) electrons. The Morgan fingerprint density at radius 2 is 1.83 bits per heavy atom. The van der Waals surface area contributed by atoms with Crippen molar-refractivity contribution in [1.82, 2.24) is 19.4 Å². The molecule has 4 nitrogen and oxygen atoms in total. The summed E-state index contributed by atoms with van der Waals surface area (Å²) in [5.74, 6) is 0. The van der Waals surface area contributed by atoms with E-state index in [0.29, 0.717) is 0 Å². The Morgan fingerprint density at radius 3 is 2.67 bits per heavy atom. The van der Waals surface area contributed by atoms with E-state index < -0.39 is 0 Å². The van der Waals surface area contributed by atoms with Gasteiger partial charge in [0.2, 0.25) is 0 Å². The van der Waals surface area contributed by atoms with Crippen molar-refractivity contribution in [3.8, 4) is 0 Å². The van der Waals surface area contributed by atoms with E-state index in [1.165, 1.54) is 33.3 Å². The second-order valence-electron chi connectivity index (χ2n) is 8.30. The van der Waals surface area contributed by atoms with Gasteiger partial charge in [-0.2, -0.15) is 0 Å². The highest BCUT2D eigenvalue weighted by Gasteiger charge is 2.24. The van der Waals surface area contributed by atoms with Crippen LogP contribution in [0.15, 0.2) is 67.1 Å². The normalized spacial score (nSPS) is 14.2. The average molecular weight is 397 g/mol. The minimum absolute atomic E-state index is 0.969. The van der Waals surface area contributed by atoms with Crippen molar-refractivity contribution in [3.05, 3.63) is 95.2 Å². The van der Waals surface area contributed by atoms with E-state index in [9.17, 15) is 0 Å². The molecule has 0 saturated heterocycles. The quantitative estimate of drug-likeness (QED) is 0.478. The minimum atomic E-state index is 0.969. The lowest BCUT2D eigenvalue weighted by molar-refractivity contribution is 0.255. The molecule has 5 rings (SSSR count). The Hall–Kier alpha value is -2.98. The zero-order chi connectivity index (χ0) is 20.3. The van der Waals surface area contributed by atoms with E-state index >= 15 is 0 Å². The number of rotatable bonds is 6. The maximum absolute atomic E-state index is 4.52. The Bertz CT molecular complexity index is 1130. The van der Waals surface area contributed by atoms with E-state index in [1.54, 1.807) is 0 Å². The van der Waals surface area contributed by atoms with Gasteiger partial charge < -0.3 is 4.57 Å². The fourth-order valence-electron chi connectivity index (χ4n) is 4.67. The third kappa shape index (κ3) is 3.88. The monoisotopic (exact) mass is 396 g/mol. The van der Waals surface area contributed by atoms with Gasteiger partial charge in [-0.3, -0.25) is 14.9 Å². The van der Waals surface area contributed by atoms with E-state index in [-0.39, 0.29) is 0 Å². The van der Waals surface area contributed by atoms with Crippen LogP contribution in [0.25, 0.3) is 10.9 Å². The van der Waals surface area contributed by atoms with E-state index in [0.717, 1.165) is 51.1 Å². The van der Waals surface area contributed by atoms with Crippen LogP contribution in [0.1, 0.15) is 28.1 Å². The van der Waals surface area contributed by atoms with Crippen LogP contribution >= 0.6 is 0 Å². The summed E-state index contributed by atoms with van der Waals surface area (Å²) < 4.78 is 2.55. The van der Waals surface area contributed by atoms with Crippen LogP contribution in [0.4, 0.5) is 0 Å². The molecule has 1 aromatic carbocycles. The maximum atomic E-state index is 4.52. The Balaban J connectivity index is 1.40. The number of aryl methyl sites for hydroxylation is 3. The molecule has 0 atom stereocenters. The van der Waals surface area contributed by atoms with E-state index in [2.05, 4.69) is 68.8 Å². The smallest absolute Gasteiger partial charge is 0.0486 e. The van der Waals surface area contributed by atoms with E-state index in [1.807, 2.05) is 24.7 Å². The highest BCUT2D eigenvalue weighted by molar-refractivity contribution is 5.86. The molecule has 0 amide bonds. The number of hydrogen-bond acceptors (Lipinski definition) is 3. The number of hydrogen-bond donors (Lipinski definition) is 0. The van der Waals surface area contributed by atoms with Gasteiger partial charge in [-0.1, -0.05) is 17.7 Å². The highest BCUT2D eigenvalue weighted by Crippen LogP contribution is 2.32. The fraction of sp³-hybridized carbons (Fsp3) is 0.308. The summed E-state index contributed by atoms with van der Waals surface area (Å²) in [4.78, 5) is 11.3. The lowest BCUT2D eigenvalue weighted by Gasteiger charge is -2.28. The molecule has 0 bridgehead atoms. The van der Waals surface area contributed by atoms with Crippen LogP contribution in [0.5, 0.6) is 0 Å². The summed E-state index contributed by atoms with van der Waals surface area (Å²) >= 11 is 0. The average Bonchev–Trinajstić information content (AvgIpc) is 3.10. The molecule has 0 saturated carbocycles. The largest absolute Gasteiger partial charge is 0.344 e.